The molecule has 0 aliphatic carbocycles. The largest absolute Gasteiger partial charge is 0.507 e. The molecule has 0 amide bonds. The Labute approximate surface area is 132 Å². The van der Waals surface area contributed by atoms with Gasteiger partial charge in [-0.1, -0.05) is 24.3 Å². The number of phenols is 1. The highest BCUT2D eigenvalue weighted by Crippen LogP contribution is 2.32. The van der Waals surface area contributed by atoms with Crippen molar-refractivity contribution in [3.8, 4) is 16.9 Å². The molecule has 0 saturated carbocycles. The van der Waals surface area contributed by atoms with Crippen molar-refractivity contribution < 1.29 is 14.6 Å². The fraction of sp³-hybridized carbons (Fsp3) is 0.0625. The highest BCUT2D eigenvalue weighted by Gasteiger charge is 2.11. The van der Waals surface area contributed by atoms with Crippen molar-refractivity contribution in [2.45, 2.75) is 0 Å². The number of carbonyl (C=O) groups is 1. The Bertz CT molecular complexity index is 781. The molecule has 2 aromatic carbocycles. The molecule has 7 heteroatoms. The fourth-order valence-corrected chi connectivity index (χ4v) is 1.99. The maximum Gasteiger partial charge on any atom is 0.337 e. The van der Waals surface area contributed by atoms with Gasteiger partial charge in [-0.3, -0.25) is 0 Å². The molecule has 0 atom stereocenters. The van der Waals surface area contributed by atoms with E-state index < -0.39 is 5.97 Å². The van der Waals surface area contributed by atoms with Crippen molar-refractivity contribution in [1.29, 1.82) is 0 Å². The molecule has 0 aliphatic heterocycles. The van der Waals surface area contributed by atoms with Gasteiger partial charge >= 0.3 is 5.97 Å². The molecule has 0 fully saturated rings. The van der Waals surface area contributed by atoms with Crippen LogP contribution in [0, 0.1) is 0 Å². The Morgan fingerprint density at radius 3 is 2.65 bits per heavy atom. The zero-order valence-corrected chi connectivity index (χ0v) is 12.4. The van der Waals surface area contributed by atoms with Crippen LogP contribution in [0.15, 0.2) is 52.7 Å². The first-order valence-electron chi connectivity index (χ1n) is 6.65. The summed E-state index contributed by atoms with van der Waals surface area (Å²) in [6.07, 6.45) is 1.34. The second-order valence-corrected chi connectivity index (χ2v) is 4.59. The van der Waals surface area contributed by atoms with Crippen LogP contribution in [0.1, 0.15) is 15.9 Å². The molecule has 118 valence electrons. The zero-order valence-electron chi connectivity index (χ0n) is 12.4. The highest BCUT2D eigenvalue weighted by atomic mass is 16.5. The predicted octanol–water partition coefficient (Wildman–Crippen LogP) is 1.45. The van der Waals surface area contributed by atoms with Crippen molar-refractivity contribution in [2.24, 2.45) is 21.7 Å². The molecule has 0 saturated heterocycles. The lowest BCUT2D eigenvalue weighted by Crippen LogP contribution is -2.21. The maximum atomic E-state index is 11.6. The average Bonchev–Trinajstić information content (AvgIpc) is 2.55. The summed E-state index contributed by atoms with van der Waals surface area (Å²) in [6.45, 7) is 0. The number of carbonyl (C=O) groups excluding carboxylic acids is 1. The third kappa shape index (κ3) is 3.85. The van der Waals surface area contributed by atoms with Crippen molar-refractivity contribution in [3.63, 3.8) is 0 Å². The number of guanidine groups is 1. The van der Waals surface area contributed by atoms with Crippen LogP contribution in [0.4, 0.5) is 0 Å². The molecule has 0 radical (unpaired) electrons. The minimum atomic E-state index is -0.447. The van der Waals surface area contributed by atoms with Crippen molar-refractivity contribution >= 4 is 18.1 Å². The van der Waals surface area contributed by atoms with Crippen LogP contribution in [0.2, 0.25) is 0 Å². The van der Waals surface area contributed by atoms with Gasteiger partial charge in [-0.05, 0) is 23.8 Å². The van der Waals surface area contributed by atoms with Gasteiger partial charge in [0.15, 0.2) is 0 Å². The number of hydrogen-bond acceptors (Lipinski definition) is 5. The third-order valence-electron chi connectivity index (χ3n) is 3.03. The lowest BCUT2D eigenvalue weighted by atomic mass is 10.00. The van der Waals surface area contributed by atoms with E-state index in [2.05, 4.69) is 10.2 Å². The smallest absolute Gasteiger partial charge is 0.337 e. The van der Waals surface area contributed by atoms with Crippen LogP contribution in [0.5, 0.6) is 5.75 Å². The number of rotatable bonds is 4. The molecular formula is C16H16N4O3. The van der Waals surface area contributed by atoms with E-state index in [1.807, 2.05) is 0 Å². The normalized spacial score (nSPS) is 10.5. The van der Waals surface area contributed by atoms with E-state index in [1.165, 1.54) is 13.3 Å². The van der Waals surface area contributed by atoms with Gasteiger partial charge in [0.2, 0.25) is 5.96 Å². The summed E-state index contributed by atoms with van der Waals surface area (Å²) < 4.78 is 4.70. The summed E-state index contributed by atoms with van der Waals surface area (Å²) >= 11 is 0. The van der Waals surface area contributed by atoms with Gasteiger partial charge in [0.1, 0.15) is 5.75 Å². The topological polar surface area (TPSA) is 123 Å². The number of benzene rings is 2. The fourth-order valence-electron chi connectivity index (χ4n) is 1.99. The number of nitrogens with two attached hydrogens (primary N) is 2. The lowest BCUT2D eigenvalue weighted by Gasteiger charge is -2.08. The molecule has 7 nitrogen and oxygen atoms in total. The number of ether oxygens (including phenoxy) is 1. The van der Waals surface area contributed by atoms with Gasteiger partial charge < -0.3 is 21.3 Å². The molecule has 23 heavy (non-hydrogen) atoms. The summed E-state index contributed by atoms with van der Waals surface area (Å²) in [7, 11) is 1.31. The second-order valence-electron chi connectivity index (χ2n) is 4.59. The predicted molar refractivity (Wildman–Crippen MR) is 88.3 cm³/mol. The van der Waals surface area contributed by atoms with Crippen molar-refractivity contribution in [3.05, 3.63) is 53.6 Å². The number of aromatic hydroxyl groups is 1. The summed E-state index contributed by atoms with van der Waals surface area (Å²) in [4.78, 5) is 11.6. The van der Waals surface area contributed by atoms with E-state index in [0.717, 1.165) is 0 Å². The van der Waals surface area contributed by atoms with Gasteiger partial charge in [0.25, 0.3) is 0 Å². The number of esters is 1. The number of hydrogen-bond donors (Lipinski definition) is 3. The quantitative estimate of drug-likeness (QED) is 0.341. The molecule has 5 N–H and O–H groups in total. The molecule has 0 aliphatic rings. The SMILES string of the molecule is COC(=O)c1cccc(-c2cccc(C=NN=C(N)N)c2O)c1. The zero-order chi connectivity index (χ0) is 16.8. The molecule has 0 aromatic heterocycles. The third-order valence-corrected chi connectivity index (χ3v) is 3.03. The standard InChI is InChI=1S/C16H16N4O3/c1-23-15(22)11-5-2-4-10(8-11)13-7-3-6-12(14(13)21)9-19-20-16(17)18/h2-9,21H,1H3,(H4,17,18,20). The Balaban J connectivity index is 2.43. The Morgan fingerprint density at radius 2 is 1.96 bits per heavy atom. The first kappa shape index (κ1) is 16.0. The van der Waals surface area contributed by atoms with E-state index in [0.29, 0.717) is 22.3 Å². The molecule has 2 rings (SSSR count). The Hall–Kier alpha value is -3.35. The Kier molecular flexibility index (Phi) is 4.93. The van der Waals surface area contributed by atoms with E-state index >= 15 is 0 Å². The molecule has 0 heterocycles. The van der Waals surface area contributed by atoms with Gasteiger partial charge in [-0.25, -0.2) is 4.79 Å². The van der Waals surface area contributed by atoms with Crippen LogP contribution in [0.25, 0.3) is 11.1 Å². The monoisotopic (exact) mass is 312 g/mol. The van der Waals surface area contributed by atoms with Crippen molar-refractivity contribution in [2.75, 3.05) is 7.11 Å². The number of methoxy groups -OCH3 is 1. The van der Waals surface area contributed by atoms with Crippen molar-refractivity contribution in [1.82, 2.24) is 0 Å². The maximum absolute atomic E-state index is 11.6. The summed E-state index contributed by atoms with van der Waals surface area (Å²) in [5.74, 6) is -0.622. The van der Waals surface area contributed by atoms with E-state index in [1.54, 1.807) is 42.5 Å². The highest BCUT2D eigenvalue weighted by molar-refractivity contribution is 5.93. The number of phenolic OH excluding ortho intramolecular Hbond substituents is 1. The minimum absolute atomic E-state index is 0.00376. The average molecular weight is 312 g/mol. The van der Waals surface area contributed by atoms with Crippen LogP contribution < -0.4 is 11.5 Å². The summed E-state index contributed by atoms with van der Waals surface area (Å²) in [5, 5.41) is 17.5. The Morgan fingerprint density at radius 1 is 1.22 bits per heavy atom. The molecule has 0 unspecified atom stereocenters. The molecule has 0 spiro atoms. The number of para-hydroxylation sites is 1. The van der Waals surface area contributed by atoms with Gasteiger partial charge in [-0.15, -0.1) is 5.10 Å². The van der Waals surface area contributed by atoms with E-state index in [4.69, 9.17) is 16.2 Å². The van der Waals surface area contributed by atoms with Gasteiger partial charge in [0.05, 0.1) is 18.9 Å². The van der Waals surface area contributed by atoms with Crippen LogP contribution in [-0.4, -0.2) is 30.4 Å². The summed E-state index contributed by atoms with van der Waals surface area (Å²) in [6, 6.07) is 11.9. The summed E-state index contributed by atoms with van der Waals surface area (Å²) in [5.41, 5.74) is 12.4. The first-order chi connectivity index (χ1) is 11.0. The van der Waals surface area contributed by atoms with E-state index in [-0.39, 0.29) is 11.7 Å². The second kappa shape index (κ2) is 7.08. The first-order valence-corrected chi connectivity index (χ1v) is 6.65. The van der Waals surface area contributed by atoms with Crippen LogP contribution >= 0.6 is 0 Å². The van der Waals surface area contributed by atoms with Crippen LogP contribution in [0.3, 0.4) is 0 Å². The minimum Gasteiger partial charge on any atom is -0.507 e. The van der Waals surface area contributed by atoms with E-state index in [9.17, 15) is 9.90 Å². The van der Waals surface area contributed by atoms with Gasteiger partial charge in [0, 0.05) is 11.1 Å². The van der Waals surface area contributed by atoms with Crippen LogP contribution in [-0.2, 0) is 4.74 Å². The lowest BCUT2D eigenvalue weighted by molar-refractivity contribution is 0.0601. The number of nitrogens with zero attached hydrogens (tertiary/aromatic N) is 2. The molecule has 2 aromatic rings. The molecular weight excluding hydrogens is 296 g/mol. The van der Waals surface area contributed by atoms with Gasteiger partial charge in [-0.2, -0.15) is 5.10 Å². The molecule has 0 bridgehead atoms.